The van der Waals surface area contributed by atoms with Crippen molar-refractivity contribution in [1.29, 1.82) is 0 Å². The first-order valence-electron chi connectivity index (χ1n) is 4.44. The van der Waals surface area contributed by atoms with Crippen LogP contribution in [0.25, 0.3) is 0 Å². The van der Waals surface area contributed by atoms with Crippen molar-refractivity contribution in [2.75, 3.05) is 6.54 Å². The van der Waals surface area contributed by atoms with E-state index in [1.54, 1.807) is 0 Å². The Hall–Kier alpha value is -0.470. The molecule has 12 heavy (non-hydrogen) atoms. The highest BCUT2D eigenvalue weighted by Crippen LogP contribution is 2.47. The maximum Gasteiger partial charge on any atom is 0.0455 e. The van der Waals surface area contributed by atoms with Crippen molar-refractivity contribution in [3.63, 3.8) is 0 Å². The molecule has 0 radical (unpaired) electrons. The first-order valence-corrected chi connectivity index (χ1v) is 5.32. The van der Waals surface area contributed by atoms with Crippen molar-refractivity contribution in [2.24, 2.45) is 0 Å². The second kappa shape index (κ2) is 2.51. The van der Waals surface area contributed by atoms with Gasteiger partial charge in [-0.1, -0.05) is 18.2 Å². The lowest BCUT2D eigenvalue weighted by Crippen LogP contribution is -2.15. The van der Waals surface area contributed by atoms with Crippen LogP contribution in [0.1, 0.15) is 18.0 Å². The van der Waals surface area contributed by atoms with E-state index in [0.29, 0.717) is 6.04 Å². The Balaban J connectivity index is 2.09. The molecule has 0 bridgehead atoms. The number of fused-ring (bicyclic) bond motifs is 3. The van der Waals surface area contributed by atoms with Crippen molar-refractivity contribution in [1.82, 2.24) is 5.32 Å². The van der Waals surface area contributed by atoms with E-state index < -0.39 is 0 Å². The van der Waals surface area contributed by atoms with Crippen LogP contribution in [0.15, 0.2) is 29.2 Å². The summed E-state index contributed by atoms with van der Waals surface area (Å²) in [5.41, 5.74) is 1.52. The summed E-state index contributed by atoms with van der Waals surface area (Å²) in [5.74, 6) is 0. The van der Waals surface area contributed by atoms with Crippen LogP contribution >= 0.6 is 11.8 Å². The van der Waals surface area contributed by atoms with Gasteiger partial charge in [0.1, 0.15) is 0 Å². The summed E-state index contributed by atoms with van der Waals surface area (Å²) in [4.78, 5) is 1.49. The molecule has 3 rings (SSSR count). The number of thioether (sulfide) groups is 1. The third-order valence-electron chi connectivity index (χ3n) is 2.70. The van der Waals surface area contributed by atoms with Gasteiger partial charge in [0.15, 0.2) is 0 Å². The highest BCUT2D eigenvalue weighted by Gasteiger charge is 2.35. The molecule has 0 spiro atoms. The number of hydrogen-bond acceptors (Lipinski definition) is 2. The van der Waals surface area contributed by atoms with Crippen LogP contribution in [0, 0.1) is 0 Å². The highest BCUT2D eigenvalue weighted by atomic mass is 32.2. The van der Waals surface area contributed by atoms with Crippen LogP contribution in [0.5, 0.6) is 0 Å². The fourth-order valence-corrected chi connectivity index (χ4v) is 3.55. The van der Waals surface area contributed by atoms with E-state index in [0.717, 1.165) is 5.25 Å². The van der Waals surface area contributed by atoms with Crippen LogP contribution < -0.4 is 5.32 Å². The Morgan fingerprint density at radius 3 is 3.25 bits per heavy atom. The molecule has 2 heterocycles. The Morgan fingerprint density at radius 2 is 2.25 bits per heavy atom. The molecule has 0 aromatic heterocycles. The summed E-state index contributed by atoms with van der Waals surface area (Å²) in [7, 11) is 0. The monoisotopic (exact) mass is 177 g/mol. The molecule has 2 aliphatic rings. The molecule has 1 saturated heterocycles. The van der Waals surface area contributed by atoms with Crippen molar-refractivity contribution < 1.29 is 0 Å². The van der Waals surface area contributed by atoms with Gasteiger partial charge in [-0.15, -0.1) is 11.8 Å². The maximum absolute atomic E-state index is 3.55. The van der Waals surface area contributed by atoms with E-state index in [1.165, 1.54) is 23.4 Å². The summed E-state index contributed by atoms with van der Waals surface area (Å²) in [6, 6.07) is 9.41. The molecule has 2 atom stereocenters. The van der Waals surface area contributed by atoms with Gasteiger partial charge < -0.3 is 5.32 Å². The van der Waals surface area contributed by atoms with Crippen molar-refractivity contribution in [2.45, 2.75) is 22.6 Å². The molecular weight excluding hydrogens is 166 g/mol. The Bertz CT molecular complexity index is 310. The summed E-state index contributed by atoms with van der Waals surface area (Å²) in [6.07, 6.45) is 1.32. The largest absolute Gasteiger partial charge is 0.309 e. The average molecular weight is 177 g/mol. The van der Waals surface area contributed by atoms with Crippen LogP contribution in [-0.2, 0) is 0 Å². The van der Waals surface area contributed by atoms with Gasteiger partial charge in [-0.05, 0) is 24.6 Å². The standard InChI is InChI=1S/C10H11NS/c1-2-4-8-7(3-1)10-9(12-8)5-6-11-10/h1-4,9-11H,5-6H2. The second-order valence-electron chi connectivity index (χ2n) is 3.41. The number of hydrogen-bond donors (Lipinski definition) is 1. The molecule has 2 heteroatoms. The maximum atomic E-state index is 3.55. The zero-order chi connectivity index (χ0) is 7.97. The minimum atomic E-state index is 0.645. The van der Waals surface area contributed by atoms with E-state index in [9.17, 15) is 0 Å². The third kappa shape index (κ3) is 0.852. The van der Waals surface area contributed by atoms with E-state index in [2.05, 4.69) is 29.6 Å². The van der Waals surface area contributed by atoms with Gasteiger partial charge in [-0.3, -0.25) is 0 Å². The van der Waals surface area contributed by atoms with Gasteiger partial charge in [0, 0.05) is 16.2 Å². The predicted molar refractivity (Wildman–Crippen MR) is 51.4 cm³/mol. The molecule has 62 valence electrons. The molecule has 1 aromatic carbocycles. The Kier molecular flexibility index (Phi) is 1.46. The van der Waals surface area contributed by atoms with Gasteiger partial charge in [0.2, 0.25) is 0 Å². The second-order valence-corrected chi connectivity index (χ2v) is 4.70. The van der Waals surface area contributed by atoms with E-state index >= 15 is 0 Å². The summed E-state index contributed by atoms with van der Waals surface area (Å²) < 4.78 is 0. The fraction of sp³-hybridized carbons (Fsp3) is 0.400. The number of benzene rings is 1. The van der Waals surface area contributed by atoms with Gasteiger partial charge in [-0.2, -0.15) is 0 Å². The first-order chi connectivity index (χ1) is 5.95. The Labute approximate surface area is 76.6 Å². The minimum Gasteiger partial charge on any atom is -0.309 e. The van der Waals surface area contributed by atoms with Gasteiger partial charge in [-0.25, -0.2) is 0 Å². The first kappa shape index (κ1) is 6.98. The molecule has 0 amide bonds. The van der Waals surface area contributed by atoms with Crippen molar-refractivity contribution >= 4 is 11.8 Å². The normalized spacial score (nSPS) is 31.7. The van der Waals surface area contributed by atoms with E-state index in [4.69, 9.17) is 0 Å². The third-order valence-corrected chi connectivity index (χ3v) is 4.13. The van der Waals surface area contributed by atoms with Crippen molar-refractivity contribution in [3.05, 3.63) is 29.8 Å². The zero-order valence-corrected chi connectivity index (χ0v) is 7.60. The zero-order valence-electron chi connectivity index (χ0n) is 6.79. The predicted octanol–water partition coefficient (Wildman–Crippen LogP) is 2.20. The lowest BCUT2D eigenvalue weighted by molar-refractivity contribution is 0.661. The Morgan fingerprint density at radius 1 is 1.33 bits per heavy atom. The molecule has 0 saturated carbocycles. The van der Waals surface area contributed by atoms with Gasteiger partial charge >= 0.3 is 0 Å². The van der Waals surface area contributed by atoms with E-state index in [-0.39, 0.29) is 0 Å². The molecule has 1 aromatic rings. The van der Waals surface area contributed by atoms with Crippen LogP contribution in [0.4, 0.5) is 0 Å². The molecule has 1 nitrogen and oxygen atoms in total. The topological polar surface area (TPSA) is 12.0 Å². The molecule has 2 aliphatic heterocycles. The lowest BCUT2D eigenvalue weighted by Gasteiger charge is -2.07. The highest BCUT2D eigenvalue weighted by molar-refractivity contribution is 8.00. The summed E-state index contributed by atoms with van der Waals surface area (Å²) in [6.45, 7) is 1.19. The SMILES string of the molecule is c1ccc2c(c1)SC1CCNC21. The molecule has 1 fully saturated rings. The van der Waals surface area contributed by atoms with Gasteiger partial charge in [0.25, 0.3) is 0 Å². The smallest absolute Gasteiger partial charge is 0.0455 e. The minimum absolute atomic E-state index is 0.645. The number of nitrogens with one attached hydrogen (secondary N) is 1. The fourth-order valence-electron chi connectivity index (χ4n) is 2.12. The quantitative estimate of drug-likeness (QED) is 0.652. The van der Waals surface area contributed by atoms with Crippen LogP contribution in [0.2, 0.25) is 0 Å². The molecular formula is C10H11NS. The molecule has 0 aliphatic carbocycles. The van der Waals surface area contributed by atoms with Crippen LogP contribution in [0.3, 0.4) is 0 Å². The number of rotatable bonds is 0. The molecule has 2 unspecified atom stereocenters. The van der Waals surface area contributed by atoms with Crippen molar-refractivity contribution in [3.8, 4) is 0 Å². The molecule has 1 N–H and O–H groups in total. The lowest BCUT2D eigenvalue weighted by atomic mass is 10.1. The van der Waals surface area contributed by atoms with Gasteiger partial charge in [0.05, 0.1) is 0 Å². The average Bonchev–Trinajstić information content (AvgIpc) is 2.62. The summed E-state index contributed by atoms with van der Waals surface area (Å²) >= 11 is 2.04. The van der Waals surface area contributed by atoms with Crippen LogP contribution in [-0.4, -0.2) is 11.8 Å². The van der Waals surface area contributed by atoms with E-state index in [1.807, 2.05) is 11.8 Å². The summed E-state index contributed by atoms with van der Waals surface area (Å²) in [5, 5.41) is 4.36.